The van der Waals surface area contributed by atoms with E-state index in [4.69, 9.17) is 18.6 Å². The first-order chi connectivity index (χ1) is 11.8. The van der Waals surface area contributed by atoms with Gasteiger partial charge in [0.15, 0.2) is 0 Å². The summed E-state index contributed by atoms with van der Waals surface area (Å²) in [5.41, 5.74) is 2.06. The summed E-state index contributed by atoms with van der Waals surface area (Å²) in [6, 6.07) is 12.3. The van der Waals surface area contributed by atoms with E-state index in [2.05, 4.69) is 37.4 Å². The fourth-order valence-corrected chi connectivity index (χ4v) is 3.55. The van der Waals surface area contributed by atoms with E-state index in [1.807, 2.05) is 24.3 Å². The second kappa shape index (κ2) is 7.32. The standard InChI is InChI=1S/C16H18B2O4S2/c23-9-11-7-19-17(21-11)15-5-6-16(14-4-2-1-3-13(14)15)18-20-8-12(10-24)22-18/h1-6,11-12,23-24H,7-10H2. The van der Waals surface area contributed by atoms with Gasteiger partial charge in [0.25, 0.3) is 0 Å². The molecular weight excluding hydrogens is 342 g/mol. The maximum absolute atomic E-state index is 5.93. The van der Waals surface area contributed by atoms with E-state index >= 15 is 0 Å². The molecule has 4 rings (SSSR count). The Labute approximate surface area is 153 Å². The Morgan fingerprint density at radius 1 is 0.792 bits per heavy atom. The molecule has 4 nitrogen and oxygen atoms in total. The highest BCUT2D eigenvalue weighted by Crippen LogP contribution is 2.18. The molecule has 0 aromatic heterocycles. The number of hydrogen-bond donors (Lipinski definition) is 2. The molecule has 24 heavy (non-hydrogen) atoms. The zero-order valence-corrected chi connectivity index (χ0v) is 14.9. The first-order valence-corrected chi connectivity index (χ1v) is 9.34. The zero-order chi connectivity index (χ0) is 16.5. The maximum atomic E-state index is 5.93. The van der Waals surface area contributed by atoms with Crippen molar-refractivity contribution in [2.75, 3.05) is 24.7 Å². The summed E-state index contributed by atoms with van der Waals surface area (Å²) in [7, 11) is -0.701. The van der Waals surface area contributed by atoms with Crippen molar-refractivity contribution >= 4 is 61.2 Å². The van der Waals surface area contributed by atoms with Crippen molar-refractivity contribution < 1.29 is 18.6 Å². The molecule has 2 heterocycles. The highest BCUT2D eigenvalue weighted by atomic mass is 32.1. The second-order valence-electron chi connectivity index (χ2n) is 6.00. The van der Waals surface area contributed by atoms with Gasteiger partial charge in [0.05, 0.1) is 25.4 Å². The van der Waals surface area contributed by atoms with Gasteiger partial charge in [-0.3, -0.25) is 0 Å². The monoisotopic (exact) mass is 360 g/mol. The van der Waals surface area contributed by atoms with Gasteiger partial charge in [0, 0.05) is 11.5 Å². The van der Waals surface area contributed by atoms with Gasteiger partial charge in [-0.05, 0) is 21.7 Å². The molecule has 2 aromatic rings. The van der Waals surface area contributed by atoms with Crippen molar-refractivity contribution in [3.8, 4) is 0 Å². The van der Waals surface area contributed by atoms with Crippen LogP contribution in [0.4, 0.5) is 0 Å². The van der Waals surface area contributed by atoms with Crippen LogP contribution in [0.15, 0.2) is 36.4 Å². The molecule has 0 saturated carbocycles. The third kappa shape index (κ3) is 3.11. The summed E-state index contributed by atoms with van der Waals surface area (Å²) in [5.74, 6) is 1.31. The maximum Gasteiger partial charge on any atom is 0.494 e. The molecule has 2 aromatic carbocycles. The fourth-order valence-electron chi connectivity index (χ4n) is 3.17. The van der Waals surface area contributed by atoms with Crippen molar-refractivity contribution in [2.45, 2.75) is 12.2 Å². The van der Waals surface area contributed by atoms with E-state index in [9.17, 15) is 0 Å². The van der Waals surface area contributed by atoms with Crippen LogP contribution in [0.5, 0.6) is 0 Å². The second-order valence-corrected chi connectivity index (χ2v) is 6.73. The third-order valence-electron chi connectivity index (χ3n) is 4.41. The lowest BCUT2D eigenvalue weighted by molar-refractivity contribution is 0.263. The van der Waals surface area contributed by atoms with Crippen LogP contribution in [0, 0.1) is 0 Å². The quantitative estimate of drug-likeness (QED) is 0.628. The van der Waals surface area contributed by atoms with Crippen LogP contribution in [0.2, 0.25) is 0 Å². The van der Waals surface area contributed by atoms with Gasteiger partial charge < -0.3 is 18.6 Å². The lowest BCUT2D eigenvalue weighted by atomic mass is 9.70. The summed E-state index contributed by atoms with van der Waals surface area (Å²) in [6.45, 7) is 1.14. The summed E-state index contributed by atoms with van der Waals surface area (Å²) in [5, 5.41) is 2.20. The Bertz CT molecular complexity index is 672. The van der Waals surface area contributed by atoms with Crippen LogP contribution < -0.4 is 10.9 Å². The van der Waals surface area contributed by atoms with E-state index in [1.54, 1.807) is 0 Å². The average molecular weight is 360 g/mol. The minimum Gasteiger partial charge on any atom is -0.405 e. The molecule has 2 saturated heterocycles. The van der Waals surface area contributed by atoms with Gasteiger partial charge in [-0.25, -0.2) is 0 Å². The van der Waals surface area contributed by atoms with Gasteiger partial charge in [-0.15, -0.1) is 0 Å². The Hall–Kier alpha value is -0.630. The molecule has 0 radical (unpaired) electrons. The fraction of sp³-hybridized carbons (Fsp3) is 0.375. The largest absolute Gasteiger partial charge is 0.494 e. The zero-order valence-electron chi connectivity index (χ0n) is 13.1. The molecule has 0 bridgehead atoms. The highest BCUT2D eigenvalue weighted by Gasteiger charge is 2.37. The van der Waals surface area contributed by atoms with Crippen molar-refractivity contribution in [1.82, 2.24) is 0 Å². The van der Waals surface area contributed by atoms with Gasteiger partial charge in [-0.1, -0.05) is 36.4 Å². The Morgan fingerprint density at radius 2 is 1.25 bits per heavy atom. The molecule has 0 amide bonds. The van der Waals surface area contributed by atoms with Crippen molar-refractivity contribution in [1.29, 1.82) is 0 Å². The van der Waals surface area contributed by atoms with Gasteiger partial charge in [0.1, 0.15) is 0 Å². The average Bonchev–Trinajstić information content (AvgIpc) is 3.30. The van der Waals surface area contributed by atoms with Crippen LogP contribution in [0.1, 0.15) is 0 Å². The van der Waals surface area contributed by atoms with Gasteiger partial charge in [0.2, 0.25) is 0 Å². The normalized spacial score (nSPS) is 24.2. The Morgan fingerprint density at radius 3 is 1.62 bits per heavy atom. The molecule has 2 aliphatic rings. The van der Waals surface area contributed by atoms with E-state index in [1.165, 1.54) is 0 Å². The smallest absolute Gasteiger partial charge is 0.405 e. The number of benzene rings is 2. The van der Waals surface area contributed by atoms with Crippen molar-refractivity contribution in [3.63, 3.8) is 0 Å². The predicted octanol–water partition coefficient (Wildman–Crippen LogP) is 0.921. The molecule has 2 aliphatic heterocycles. The van der Waals surface area contributed by atoms with E-state index in [0.29, 0.717) is 24.7 Å². The SMILES string of the molecule is SCC1COB(c2ccc(B3OCC(CS)O3)c3ccccc23)O1. The van der Waals surface area contributed by atoms with Crippen LogP contribution >= 0.6 is 25.3 Å². The van der Waals surface area contributed by atoms with Crippen molar-refractivity contribution in [3.05, 3.63) is 36.4 Å². The van der Waals surface area contributed by atoms with E-state index in [-0.39, 0.29) is 26.4 Å². The molecule has 2 fully saturated rings. The molecule has 0 spiro atoms. The first kappa shape index (κ1) is 16.8. The molecule has 2 atom stereocenters. The summed E-state index contributed by atoms with van der Waals surface area (Å²) in [4.78, 5) is 0. The van der Waals surface area contributed by atoms with Crippen molar-refractivity contribution in [2.24, 2.45) is 0 Å². The Kier molecular flexibility index (Phi) is 5.13. The lowest BCUT2D eigenvalue weighted by Crippen LogP contribution is -2.38. The highest BCUT2D eigenvalue weighted by molar-refractivity contribution is 7.80. The third-order valence-corrected chi connectivity index (χ3v) is 5.22. The summed E-state index contributed by atoms with van der Waals surface area (Å²) < 4.78 is 23.5. The van der Waals surface area contributed by atoms with Crippen LogP contribution in [0.3, 0.4) is 0 Å². The van der Waals surface area contributed by atoms with E-state index in [0.717, 1.165) is 21.7 Å². The number of hydrogen-bond acceptors (Lipinski definition) is 6. The summed E-state index contributed by atoms with van der Waals surface area (Å²) in [6.07, 6.45) is 0.0730. The molecule has 124 valence electrons. The first-order valence-electron chi connectivity index (χ1n) is 8.07. The van der Waals surface area contributed by atoms with Crippen LogP contribution in [0.25, 0.3) is 10.8 Å². The molecule has 0 N–H and O–H groups in total. The van der Waals surface area contributed by atoms with Gasteiger partial charge >= 0.3 is 14.2 Å². The number of rotatable bonds is 4. The summed E-state index contributed by atoms with van der Waals surface area (Å²) >= 11 is 8.58. The van der Waals surface area contributed by atoms with Gasteiger partial charge in [-0.2, -0.15) is 25.3 Å². The molecular formula is C16H18B2O4S2. The minimum atomic E-state index is -0.350. The predicted molar refractivity (Wildman–Crippen MR) is 104 cm³/mol. The number of fused-ring (bicyclic) bond motifs is 1. The lowest BCUT2D eigenvalue weighted by Gasteiger charge is -2.14. The number of thiol groups is 2. The molecule has 0 aliphatic carbocycles. The van der Waals surface area contributed by atoms with E-state index < -0.39 is 0 Å². The topological polar surface area (TPSA) is 36.9 Å². The van der Waals surface area contributed by atoms with Crippen LogP contribution in [-0.4, -0.2) is 51.2 Å². The molecule has 2 unspecified atom stereocenters. The minimum absolute atomic E-state index is 0.0365. The molecule has 8 heteroatoms. The Balaban J connectivity index is 1.70. The van der Waals surface area contributed by atoms with Crippen LogP contribution in [-0.2, 0) is 18.6 Å².